The molecule has 0 spiro atoms. The summed E-state index contributed by atoms with van der Waals surface area (Å²) in [5.41, 5.74) is 4.89. The standard InChI is InChI=1S/C17H14Cl2N2OS2/c1-9-3-4-11(5-10(9)2)6-15(22)21-17-20-13(8-23-17)12-7-14(18)24-16(12)19/h3-5,7-8H,6H2,1-2H3,(H,20,21,22). The lowest BCUT2D eigenvalue weighted by Crippen LogP contribution is -2.14. The number of benzene rings is 1. The van der Waals surface area contributed by atoms with E-state index in [1.807, 2.05) is 30.5 Å². The molecule has 0 aliphatic carbocycles. The number of anilines is 1. The second-order valence-electron chi connectivity index (χ2n) is 5.42. The maximum atomic E-state index is 12.2. The maximum absolute atomic E-state index is 12.2. The van der Waals surface area contributed by atoms with E-state index in [0.29, 0.717) is 20.2 Å². The first-order chi connectivity index (χ1) is 11.4. The number of hydrogen-bond donors (Lipinski definition) is 1. The molecule has 0 fully saturated rings. The quantitative estimate of drug-likeness (QED) is 0.589. The van der Waals surface area contributed by atoms with E-state index in [-0.39, 0.29) is 5.91 Å². The first-order valence-corrected chi connectivity index (χ1v) is 9.64. The van der Waals surface area contributed by atoms with E-state index in [1.165, 1.54) is 33.8 Å². The Morgan fingerprint density at radius 2 is 2.00 bits per heavy atom. The Balaban J connectivity index is 1.69. The van der Waals surface area contributed by atoms with Gasteiger partial charge < -0.3 is 5.32 Å². The molecule has 0 saturated heterocycles. The van der Waals surface area contributed by atoms with Crippen molar-refractivity contribution in [2.24, 2.45) is 0 Å². The lowest BCUT2D eigenvalue weighted by atomic mass is 10.0. The topological polar surface area (TPSA) is 42.0 Å². The molecule has 24 heavy (non-hydrogen) atoms. The van der Waals surface area contributed by atoms with E-state index < -0.39 is 0 Å². The fraction of sp³-hybridized carbons (Fsp3) is 0.176. The van der Waals surface area contributed by atoms with E-state index in [1.54, 1.807) is 6.07 Å². The third-order valence-electron chi connectivity index (χ3n) is 3.62. The molecule has 0 atom stereocenters. The molecule has 0 aliphatic heterocycles. The van der Waals surface area contributed by atoms with Crippen molar-refractivity contribution < 1.29 is 4.79 Å². The molecule has 0 aliphatic rings. The molecular formula is C17H14Cl2N2OS2. The van der Waals surface area contributed by atoms with Crippen LogP contribution in [0, 0.1) is 13.8 Å². The first kappa shape index (κ1) is 17.4. The number of thiazole rings is 1. The zero-order chi connectivity index (χ0) is 17.3. The molecule has 1 amide bonds. The van der Waals surface area contributed by atoms with Crippen molar-refractivity contribution in [3.8, 4) is 11.3 Å². The number of amides is 1. The van der Waals surface area contributed by atoms with E-state index in [2.05, 4.69) is 17.2 Å². The molecule has 3 rings (SSSR count). The molecule has 2 heterocycles. The van der Waals surface area contributed by atoms with Gasteiger partial charge in [-0.2, -0.15) is 0 Å². The zero-order valence-electron chi connectivity index (χ0n) is 13.0. The van der Waals surface area contributed by atoms with Crippen molar-refractivity contribution in [2.75, 3.05) is 5.32 Å². The van der Waals surface area contributed by atoms with Gasteiger partial charge in [0, 0.05) is 10.9 Å². The van der Waals surface area contributed by atoms with E-state index in [4.69, 9.17) is 23.2 Å². The monoisotopic (exact) mass is 396 g/mol. The third-order valence-corrected chi connectivity index (χ3v) is 5.86. The van der Waals surface area contributed by atoms with Crippen molar-refractivity contribution in [1.82, 2.24) is 4.98 Å². The molecule has 1 N–H and O–H groups in total. The predicted octanol–water partition coefficient (Wildman–Crippen LogP) is 5.98. The number of hydrogen-bond acceptors (Lipinski definition) is 4. The highest BCUT2D eigenvalue weighted by Crippen LogP contribution is 2.38. The molecule has 0 unspecified atom stereocenters. The van der Waals surface area contributed by atoms with Crippen LogP contribution in [0.2, 0.25) is 8.67 Å². The number of carbonyl (C=O) groups is 1. The van der Waals surface area contributed by atoms with Crippen LogP contribution in [0.25, 0.3) is 11.3 Å². The van der Waals surface area contributed by atoms with Crippen LogP contribution in [-0.4, -0.2) is 10.9 Å². The van der Waals surface area contributed by atoms with Gasteiger partial charge in [0.25, 0.3) is 0 Å². The number of thiophene rings is 1. The van der Waals surface area contributed by atoms with Gasteiger partial charge in [0.2, 0.25) is 5.91 Å². The average molecular weight is 397 g/mol. The summed E-state index contributed by atoms with van der Waals surface area (Å²) in [5.74, 6) is -0.0893. The summed E-state index contributed by atoms with van der Waals surface area (Å²) >= 11 is 14.8. The molecular weight excluding hydrogens is 383 g/mol. The number of nitrogens with one attached hydrogen (secondary N) is 1. The third kappa shape index (κ3) is 3.98. The Labute approximate surface area is 158 Å². The summed E-state index contributed by atoms with van der Waals surface area (Å²) in [5, 5.41) is 5.25. The van der Waals surface area contributed by atoms with Crippen molar-refractivity contribution in [1.29, 1.82) is 0 Å². The Kier molecular flexibility index (Phi) is 5.25. The van der Waals surface area contributed by atoms with E-state index in [9.17, 15) is 4.79 Å². The Hall–Kier alpha value is -1.40. The van der Waals surface area contributed by atoms with Gasteiger partial charge in [-0.05, 0) is 36.6 Å². The molecule has 0 bridgehead atoms. The minimum atomic E-state index is -0.0893. The van der Waals surface area contributed by atoms with E-state index in [0.717, 1.165) is 16.8 Å². The highest BCUT2D eigenvalue weighted by atomic mass is 35.5. The first-order valence-electron chi connectivity index (χ1n) is 7.19. The summed E-state index contributed by atoms with van der Waals surface area (Å²) in [6.45, 7) is 4.09. The zero-order valence-corrected chi connectivity index (χ0v) is 16.2. The highest BCUT2D eigenvalue weighted by Gasteiger charge is 2.13. The van der Waals surface area contributed by atoms with Crippen molar-refractivity contribution >= 4 is 56.9 Å². The normalized spacial score (nSPS) is 10.8. The van der Waals surface area contributed by atoms with Crippen LogP contribution in [0.15, 0.2) is 29.6 Å². The van der Waals surface area contributed by atoms with Crippen LogP contribution >= 0.6 is 45.9 Å². The lowest BCUT2D eigenvalue weighted by Gasteiger charge is -2.05. The molecule has 124 valence electrons. The van der Waals surface area contributed by atoms with Gasteiger partial charge in [-0.25, -0.2) is 4.98 Å². The average Bonchev–Trinajstić information content (AvgIpc) is 3.09. The molecule has 0 saturated carbocycles. The van der Waals surface area contributed by atoms with Crippen LogP contribution in [-0.2, 0) is 11.2 Å². The second kappa shape index (κ2) is 7.23. The SMILES string of the molecule is Cc1ccc(CC(=O)Nc2nc(-c3cc(Cl)sc3Cl)cs2)cc1C. The maximum Gasteiger partial charge on any atom is 0.230 e. The summed E-state index contributed by atoms with van der Waals surface area (Å²) in [7, 11) is 0. The molecule has 2 aromatic heterocycles. The van der Waals surface area contributed by atoms with Gasteiger partial charge in [0.1, 0.15) is 4.34 Å². The number of aryl methyl sites for hydroxylation is 2. The number of aromatic nitrogens is 1. The van der Waals surface area contributed by atoms with Gasteiger partial charge in [-0.15, -0.1) is 22.7 Å². The van der Waals surface area contributed by atoms with Crippen LogP contribution < -0.4 is 5.32 Å². The Bertz CT molecular complexity index is 902. The van der Waals surface area contributed by atoms with Crippen molar-refractivity contribution in [3.05, 3.63) is 55.0 Å². The summed E-state index contributed by atoms with van der Waals surface area (Å²) < 4.78 is 1.21. The predicted molar refractivity (Wildman–Crippen MR) is 104 cm³/mol. The van der Waals surface area contributed by atoms with Crippen LogP contribution in [0.1, 0.15) is 16.7 Å². The minimum absolute atomic E-state index is 0.0893. The fourth-order valence-corrected chi connectivity index (χ4v) is 4.44. The minimum Gasteiger partial charge on any atom is -0.302 e. The molecule has 0 radical (unpaired) electrons. The van der Waals surface area contributed by atoms with Crippen LogP contribution in [0.4, 0.5) is 5.13 Å². The van der Waals surface area contributed by atoms with Gasteiger partial charge in [0.05, 0.1) is 16.5 Å². The van der Waals surface area contributed by atoms with Crippen molar-refractivity contribution in [2.45, 2.75) is 20.3 Å². The summed E-state index contributed by atoms with van der Waals surface area (Å²) in [6, 6.07) is 7.82. The van der Waals surface area contributed by atoms with Crippen LogP contribution in [0.3, 0.4) is 0 Å². The number of rotatable bonds is 4. The van der Waals surface area contributed by atoms with Gasteiger partial charge >= 0.3 is 0 Å². The van der Waals surface area contributed by atoms with Gasteiger partial charge in [-0.3, -0.25) is 4.79 Å². The summed E-state index contributed by atoms with van der Waals surface area (Å²) in [6.07, 6.45) is 0.321. The fourth-order valence-electron chi connectivity index (χ4n) is 2.23. The smallest absolute Gasteiger partial charge is 0.230 e. The second-order valence-corrected chi connectivity index (χ2v) is 8.56. The van der Waals surface area contributed by atoms with E-state index >= 15 is 0 Å². The number of halogens is 2. The summed E-state index contributed by atoms with van der Waals surface area (Å²) in [4.78, 5) is 16.6. The lowest BCUT2D eigenvalue weighted by molar-refractivity contribution is -0.115. The van der Waals surface area contributed by atoms with Crippen molar-refractivity contribution in [3.63, 3.8) is 0 Å². The molecule has 7 heteroatoms. The molecule has 3 aromatic rings. The molecule has 1 aromatic carbocycles. The number of nitrogens with zero attached hydrogens (tertiary/aromatic N) is 1. The Morgan fingerprint density at radius 3 is 2.67 bits per heavy atom. The molecule has 3 nitrogen and oxygen atoms in total. The highest BCUT2D eigenvalue weighted by molar-refractivity contribution is 7.20. The Morgan fingerprint density at radius 1 is 1.21 bits per heavy atom. The largest absolute Gasteiger partial charge is 0.302 e. The number of carbonyl (C=O) groups excluding carboxylic acids is 1. The van der Waals surface area contributed by atoms with Crippen LogP contribution in [0.5, 0.6) is 0 Å². The van der Waals surface area contributed by atoms with Gasteiger partial charge in [0.15, 0.2) is 5.13 Å². The van der Waals surface area contributed by atoms with Gasteiger partial charge in [-0.1, -0.05) is 41.4 Å².